The molecule has 4 rings (SSSR count). The van der Waals surface area contributed by atoms with Crippen LogP contribution in [0.25, 0.3) is 11.1 Å². The minimum atomic E-state index is 0. The molecule has 0 fully saturated rings. The highest BCUT2D eigenvalue weighted by Gasteiger charge is 2.43. The van der Waals surface area contributed by atoms with E-state index in [9.17, 15) is 0 Å². The van der Waals surface area contributed by atoms with E-state index in [1.807, 2.05) is 0 Å². The Kier molecular flexibility index (Phi) is 6.55. The first-order chi connectivity index (χ1) is 11.8. The highest BCUT2D eigenvalue weighted by molar-refractivity contribution is 5.85. The normalized spacial score (nSPS) is 16.6. The van der Waals surface area contributed by atoms with Crippen molar-refractivity contribution >= 4 is 24.8 Å². The van der Waals surface area contributed by atoms with Crippen LogP contribution in [0.3, 0.4) is 0 Å². The summed E-state index contributed by atoms with van der Waals surface area (Å²) in [7, 11) is 0. The third kappa shape index (κ3) is 3.17. The molecule has 0 aliphatic heterocycles. The van der Waals surface area contributed by atoms with E-state index in [-0.39, 0.29) is 30.2 Å². The Bertz CT molecular complexity index is 801. The fraction of sp³-hybridized carbons (Fsp3) is 0.250. The molecular formula is C24H26Cl2. The van der Waals surface area contributed by atoms with E-state index in [1.54, 1.807) is 5.57 Å². The molecule has 0 saturated heterocycles. The molecule has 2 aliphatic carbocycles. The number of allylic oxidation sites excluding steroid dienone is 5. The Morgan fingerprint density at radius 3 is 2.08 bits per heavy atom. The van der Waals surface area contributed by atoms with Gasteiger partial charge in [-0.15, -0.1) is 31.4 Å². The van der Waals surface area contributed by atoms with Crippen molar-refractivity contribution in [3.05, 3.63) is 96.1 Å². The zero-order valence-electron chi connectivity index (χ0n) is 15.2. The van der Waals surface area contributed by atoms with E-state index in [1.165, 1.54) is 22.3 Å². The smallest absolute Gasteiger partial charge is 0.0193 e. The van der Waals surface area contributed by atoms with Crippen LogP contribution in [0.5, 0.6) is 0 Å². The Labute approximate surface area is 169 Å². The van der Waals surface area contributed by atoms with Gasteiger partial charge in [0.25, 0.3) is 0 Å². The van der Waals surface area contributed by atoms with Gasteiger partial charge in [-0.3, -0.25) is 0 Å². The van der Waals surface area contributed by atoms with Crippen molar-refractivity contribution < 1.29 is 0 Å². The van der Waals surface area contributed by atoms with Gasteiger partial charge in [-0.2, -0.15) is 0 Å². The summed E-state index contributed by atoms with van der Waals surface area (Å²) in [4.78, 5) is 0. The van der Waals surface area contributed by atoms with Crippen molar-refractivity contribution in [2.45, 2.75) is 32.1 Å². The standard InChI is InChI=1S/C24H24.2ClH/c1-3-4-17-24(2,18-11-5-6-12-18)23-21-15-9-7-13-19(21)20-14-8-10-16-22(20)23;;/h3,5-11,13-16,23H,1,4,12,17H2,2H3;2*1H. The third-order valence-electron chi connectivity index (χ3n) is 5.84. The number of rotatable bonds is 5. The molecule has 136 valence electrons. The molecule has 0 spiro atoms. The Morgan fingerprint density at radius 2 is 1.58 bits per heavy atom. The van der Waals surface area contributed by atoms with E-state index in [0.717, 1.165) is 19.3 Å². The molecule has 0 radical (unpaired) electrons. The van der Waals surface area contributed by atoms with E-state index < -0.39 is 0 Å². The summed E-state index contributed by atoms with van der Waals surface area (Å²) < 4.78 is 0. The summed E-state index contributed by atoms with van der Waals surface area (Å²) in [6.07, 6.45) is 12.2. The largest absolute Gasteiger partial charge is 0.147 e. The zero-order chi connectivity index (χ0) is 16.6. The maximum absolute atomic E-state index is 3.97. The van der Waals surface area contributed by atoms with E-state index >= 15 is 0 Å². The Balaban J connectivity index is 0.00000121. The number of benzene rings is 2. The van der Waals surface area contributed by atoms with Crippen LogP contribution in [0.15, 0.2) is 85.0 Å². The molecule has 2 aromatic carbocycles. The molecule has 0 saturated carbocycles. The second-order valence-corrected chi connectivity index (χ2v) is 7.18. The quantitative estimate of drug-likeness (QED) is 0.468. The van der Waals surface area contributed by atoms with E-state index in [0.29, 0.717) is 5.92 Å². The molecule has 2 aromatic rings. The van der Waals surface area contributed by atoms with Crippen molar-refractivity contribution in [3.8, 4) is 11.1 Å². The summed E-state index contributed by atoms with van der Waals surface area (Å²) in [5, 5.41) is 0. The molecule has 1 atom stereocenters. The van der Waals surface area contributed by atoms with Crippen LogP contribution in [0.4, 0.5) is 0 Å². The molecule has 0 heterocycles. The highest BCUT2D eigenvalue weighted by Crippen LogP contribution is 2.57. The molecule has 0 aromatic heterocycles. The molecule has 0 nitrogen and oxygen atoms in total. The van der Waals surface area contributed by atoms with Crippen LogP contribution in [0.1, 0.15) is 43.2 Å². The van der Waals surface area contributed by atoms with Crippen LogP contribution in [-0.2, 0) is 0 Å². The van der Waals surface area contributed by atoms with Crippen molar-refractivity contribution in [2.24, 2.45) is 5.41 Å². The van der Waals surface area contributed by atoms with Crippen molar-refractivity contribution in [3.63, 3.8) is 0 Å². The fourth-order valence-electron chi connectivity index (χ4n) is 4.60. The molecule has 2 heteroatoms. The molecule has 0 amide bonds. The van der Waals surface area contributed by atoms with Gasteiger partial charge in [0.15, 0.2) is 0 Å². The maximum Gasteiger partial charge on any atom is 0.0193 e. The van der Waals surface area contributed by atoms with E-state index in [2.05, 4.69) is 86.3 Å². The predicted octanol–water partition coefficient (Wildman–Crippen LogP) is 7.50. The van der Waals surface area contributed by atoms with Crippen molar-refractivity contribution in [2.75, 3.05) is 0 Å². The lowest BCUT2D eigenvalue weighted by molar-refractivity contribution is 0.321. The van der Waals surface area contributed by atoms with Gasteiger partial charge in [0, 0.05) is 11.3 Å². The average Bonchev–Trinajstić information content (AvgIpc) is 3.26. The first-order valence-electron chi connectivity index (χ1n) is 8.91. The minimum Gasteiger partial charge on any atom is -0.147 e. The summed E-state index contributed by atoms with van der Waals surface area (Å²) in [5.74, 6) is 0.427. The van der Waals surface area contributed by atoms with Crippen molar-refractivity contribution in [1.29, 1.82) is 0 Å². The lowest BCUT2D eigenvalue weighted by atomic mass is 9.64. The number of fused-ring (bicyclic) bond motifs is 3. The molecule has 26 heavy (non-hydrogen) atoms. The summed E-state index contributed by atoms with van der Waals surface area (Å²) in [6.45, 7) is 6.43. The van der Waals surface area contributed by atoms with Crippen molar-refractivity contribution in [1.82, 2.24) is 0 Å². The van der Waals surface area contributed by atoms with Crippen LogP contribution >= 0.6 is 24.8 Å². The van der Waals surface area contributed by atoms with Gasteiger partial charge < -0.3 is 0 Å². The third-order valence-corrected chi connectivity index (χ3v) is 5.84. The first-order valence-corrected chi connectivity index (χ1v) is 8.91. The molecule has 0 bridgehead atoms. The lowest BCUT2D eigenvalue weighted by Crippen LogP contribution is -2.27. The molecule has 0 N–H and O–H groups in total. The predicted molar refractivity (Wildman–Crippen MR) is 118 cm³/mol. The second kappa shape index (κ2) is 8.29. The van der Waals surface area contributed by atoms with Gasteiger partial charge in [-0.25, -0.2) is 0 Å². The van der Waals surface area contributed by atoms with Gasteiger partial charge in [0.05, 0.1) is 0 Å². The maximum atomic E-state index is 3.97. The van der Waals surface area contributed by atoms with Gasteiger partial charge in [-0.1, -0.05) is 85.3 Å². The summed E-state index contributed by atoms with van der Waals surface area (Å²) in [5.41, 5.74) is 7.47. The van der Waals surface area contributed by atoms with Gasteiger partial charge >= 0.3 is 0 Å². The minimum absolute atomic E-state index is 0. The summed E-state index contributed by atoms with van der Waals surface area (Å²) in [6, 6.07) is 17.9. The van der Waals surface area contributed by atoms with Crippen LogP contribution < -0.4 is 0 Å². The van der Waals surface area contributed by atoms with Gasteiger partial charge in [0.2, 0.25) is 0 Å². The second-order valence-electron chi connectivity index (χ2n) is 7.18. The highest BCUT2D eigenvalue weighted by atomic mass is 35.5. The fourth-order valence-corrected chi connectivity index (χ4v) is 4.60. The Morgan fingerprint density at radius 1 is 1.00 bits per heavy atom. The average molecular weight is 385 g/mol. The van der Waals surface area contributed by atoms with Gasteiger partial charge in [-0.05, 0) is 41.5 Å². The topological polar surface area (TPSA) is 0 Å². The van der Waals surface area contributed by atoms with Gasteiger partial charge in [0.1, 0.15) is 0 Å². The Hall–Kier alpha value is -1.76. The van der Waals surface area contributed by atoms with Crippen LogP contribution in [-0.4, -0.2) is 0 Å². The monoisotopic (exact) mass is 384 g/mol. The molecular weight excluding hydrogens is 359 g/mol. The number of halogens is 2. The molecule has 2 aliphatic rings. The SMILES string of the molecule is C=CCCC(C)(C1=CC=CC1)C1c2ccccc2-c2ccccc21.Cl.Cl. The van der Waals surface area contributed by atoms with Crippen LogP contribution in [0.2, 0.25) is 0 Å². The molecule has 1 unspecified atom stereocenters. The number of hydrogen-bond acceptors (Lipinski definition) is 0. The zero-order valence-corrected chi connectivity index (χ0v) is 16.8. The number of hydrogen-bond donors (Lipinski definition) is 0. The van der Waals surface area contributed by atoms with E-state index in [4.69, 9.17) is 0 Å². The lowest BCUT2D eigenvalue weighted by Gasteiger charge is -2.39. The summed E-state index contributed by atoms with van der Waals surface area (Å²) >= 11 is 0. The first kappa shape index (κ1) is 20.6. The van der Waals surface area contributed by atoms with Crippen LogP contribution in [0, 0.1) is 5.41 Å².